The van der Waals surface area contributed by atoms with Crippen LogP contribution in [0.3, 0.4) is 0 Å². The molecule has 2 heterocycles. The van der Waals surface area contributed by atoms with Crippen molar-refractivity contribution >= 4 is 33.8 Å². The highest BCUT2D eigenvalue weighted by Crippen LogP contribution is 2.24. The molecule has 0 radical (unpaired) electrons. The summed E-state index contributed by atoms with van der Waals surface area (Å²) in [5.74, 6) is 0.421. The highest BCUT2D eigenvalue weighted by molar-refractivity contribution is 7.89. The van der Waals surface area contributed by atoms with Gasteiger partial charge in [-0.05, 0) is 45.3 Å². The van der Waals surface area contributed by atoms with E-state index < -0.39 is 10.0 Å². The third-order valence-corrected chi connectivity index (χ3v) is 5.65. The van der Waals surface area contributed by atoms with E-state index in [1.807, 2.05) is 13.8 Å². The third-order valence-electron chi connectivity index (χ3n) is 3.01. The number of rotatable bonds is 4. The van der Waals surface area contributed by atoms with E-state index in [9.17, 15) is 8.42 Å². The first-order valence-electron chi connectivity index (χ1n) is 5.76. The Morgan fingerprint density at radius 3 is 2.72 bits per heavy atom. The molecule has 18 heavy (non-hydrogen) atoms. The summed E-state index contributed by atoms with van der Waals surface area (Å²) >= 11 is 1.52. The lowest BCUT2D eigenvalue weighted by Crippen LogP contribution is -2.30. The summed E-state index contributed by atoms with van der Waals surface area (Å²) in [7, 11) is -3.32. The molecule has 0 saturated carbocycles. The third kappa shape index (κ3) is 3.68. The number of aryl methyl sites for hydroxylation is 2. The molecule has 0 spiro atoms. The molecule has 1 aliphatic heterocycles. The molecule has 104 valence electrons. The van der Waals surface area contributed by atoms with E-state index in [1.54, 1.807) is 6.07 Å². The van der Waals surface area contributed by atoms with Gasteiger partial charge in [0.15, 0.2) is 0 Å². The van der Waals surface area contributed by atoms with Gasteiger partial charge in [0.2, 0.25) is 10.0 Å². The normalized spacial score (nSPS) is 19.8. The monoisotopic (exact) mass is 310 g/mol. The highest BCUT2D eigenvalue weighted by Gasteiger charge is 2.21. The second-order valence-electron chi connectivity index (χ2n) is 4.49. The molecule has 2 rings (SSSR count). The molecular weight excluding hydrogens is 292 g/mol. The predicted molar refractivity (Wildman–Crippen MR) is 77.2 cm³/mol. The Bertz CT molecular complexity index is 493. The number of halogens is 1. The van der Waals surface area contributed by atoms with E-state index in [4.69, 9.17) is 0 Å². The molecule has 4 nitrogen and oxygen atoms in total. The van der Waals surface area contributed by atoms with Crippen LogP contribution in [-0.2, 0) is 10.0 Å². The molecule has 0 aromatic carbocycles. The average Bonchev–Trinajstić information content (AvgIpc) is 2.85. The van der Waals surface area contributed by atoms with E-state index in [0.29, 0.717) is 17.4 Å². The van der Waals surface area contributed by atoms with Gasteiger partial charge in [0, 0.05) is 16.3 Å². The zero-order chi connectivity index (χ0) is 12.5. The maximum absolute atomic E-state index is 12.1. The molecule has 1 atom stereocenters. The van der Waals surface area contributed by atoms with E-state index in [1.165, 1.54) is 11.3 Å². The largest absolute Gasteiger partial charge is 0.316 e. The van der Waals surface area contributed by atoms with Gasteiger partial charge >= 0.3 is 0 Å². The number of nitrogens with one attached hydrogen (secondary N) is 2. The average molecular weight is 311 g/mol. The fourth-order valence-electron chi connectivity index (χ4n) is 2.07. The fourth-order valence-corrected chi connectivity index (χ4v) is 4.74. The number of sulfonamides is 1. The van der Waals surface area contributed by atoms with Crippen molar-refractivity contribution in [2.24, 2.45) is 5.92 Å². The van der Waals surface area contributed by atoms with E-state index in [-0.39, 0.29) is 12.4 Å². The van der Waals surface area contributed by atoms with Crippen LogP contribution in [-0.4, -0.2) is 28.1 Å². The predicted octanol–water partition coefficient (Wildman–Crippen LogP) is 1.67. The second kappa shape index (κ2) is 6.34. The zero-order valence-electron chi connectivity index (χ0n) is 10.5. The van der Waals surface area contributed by atoms with Gasteiger partial charge in [0.25, 0.3) is 0 Å². The van der Waals surface area contributed by atoms with Crippen LogP contribution < -0.4 is 10.0 Å². The summed E-state index contributed by atoms with van der Waals surface area (Å²) < 4.78 is 26.9. The van der Waals surface area contributed by atoms with Crippen LogP contribution in [0.25, 0.3) is 0 Å². The maximum atomic E-state index is 12.1. The van der Waals surface area contributed by atoms with Crippen LogP contribution in [0.5, 0.6) is 0 Å². The summed E-state index contributed by atoms with van der Waals surface area (Å²) in [4.78, 5) is 2.33. The molecule has 1 unspecified atom stereocenters. The molecule has 0 amide bonds. The van der Waals surface area contributed by atoms with Crippen LogP contribution in [0.4, 0.5) is 0 Å². The Hall–Kier alpha value is -0.140. The minimum atomic E-state index is -3.32. The van der Waals surface area contributed by atoms with Crippen molar-refractivity contribution in [2.75, 3.05) is 19.6 Å². The first-order valence-corrected chi connectivity index (χ1v) is 8.06. The maximum Gasteiger partial charge on any atom is 0.241 e. The van der Waals surface area contributed by atoms with Crippen LogP contribution in [0, 0.1) is 19.8 Å². The molecule has 2 N–H and O–H groups in total. The van der Waals surface area contributed by atoms with Crippen LogP contribution >= 0.6 is 23.7 Å². The van der Waals surface area contributed by atoms with Gasteiger partial charge in [-0.2, -0.15) is 0 Å². The molecule has 1 aromatic rings. The van der Waals surface area contributed by atoms with Crippen LogP contribution in [0.1, 0.15) is 16.2 Å². The van der Waals surface area contributed by atoms with Gasteiger partial charge in [-0.15, -0.1) is 23.7 Å². The molecule has 0 aliphatic carbocycles. The topological polar surface area (TPSA) is 58.2 Å². The molecule has 1 aromatic heterocycles. The van der Waals surface area contributed by atoms with Crippen molar-refractivity contribution in [1.82, 2.24) is 10.0 Å². The molecule has 1 aliphatic rings. The summed E-state index contributed by atoms with van der Waals surface area (Å²) in [5, 5.41) is 3.23. The van der Waals surface area contributed by atoms with Crippen molar-refractivity contribution in [2.45, 2.75) is 25.2 Å². The van der Waals surface area contributed by atoms with Crippen LogP contribution in [0.15, 0.2) is 11.0 Å². The Morgan fingerprint density at radius 1 is 1.50 bits per heavy atom. The van der Waals surface area contributed by atoms with Crippen molar-refractivity contribution in [3.63, 3.8) is 0 Å². The molecule has 1 fully saturated rings. The summed E-state index contributed by atoms with van der Waals surface area (Å²) in [5.41, 5.74) is 0. The lowest BCUT2D eigenvalue weighted by atomic mass is 10.1. The second-order valence-corrected chi connectivity index (χ2v) is 7.68. The summed E-state index contributed by atoms with van der Waals surface area (Å²) in [6, 6.07) is 1.75. The summed E-state index contributed by atoms with van der Waals surface area (Å²) in [6.45, 7) is 6.21. The SMILES string of the molecule is Cc1cc(S(=O)(=O)NCC2CCNC2)c(C)s1.Cl. The lowest BCUT2D eigenvalue weighted by molar-refractivity contribution is 0.538. The van der Waals surface area contributed by atoms with Gasteiger partial charge in [-0.25, -0.2) is 13.1 Å². The quantitative estimate of drug-likeness (QED) is 0.889. The van der Waals surface area contributed by atoms with Crippen LogP contribution in [0.2, 0.25) is 0 Å². The van der Waals surface area contributed by atoms with Gasteiger partial charge in [-0.1, -0.05) is 0 Å². The number of hydrogen-bond acceptors (Lipinski definition) is 4. The van der Waals surface area contributed by atoms with E-state index in [0.717, 1.165) is 29.3 Å². The van der Waals surface area contributed by atoms with Crippen molar-refractivity contribution in [3.8, 4) is 0 Å². The van der Waals surface area contributed by atoms with Crippen molar-refractivity contribution < 1.29 is 8.42 Å². The zero-order valence-corrected chi connectivity index (χ0v) is 13.0. The Kier molecular flexibility index (Phi) is 5.61. The lowest BCUT2D eigenvalue weighted by Gasteiger charge is -2.10. The van der Waals surface area contributed by atoms with Crippen molar-refractivity contribution in [3.05, 3.63) is 15.8 Å². The number of thiophene rings is 1. The van der Waals surface area contributed by atoms with E-state index >= 15 is 0 Å². The fraction of sp³-hybridized carbons (Fsp3) is 0.636. The standard InChI is InChI=1S/C11H18N2O2S2.ClH/c1-8-5-11(9(2)16-8)17(14,15)13-7-10-3-4-12-6-10;/h5,10,12-13H,3-4,6-7H2,1-2H3;1H. The Labute approximate surface area is 119 Å². The Morgan fingerprint density at radius 2 is 2.22 bits per heavy atom. The minimum Gasteiger partial charge on any atom is -0.316 e. The molecular formula is C11H19ClN2O2S2. The van der Waals surface area contributed by atoms with Crippen molar-refractivity contribution in [1.29, 1.82) is 0 Å². The van der Waals surface area contributed by atoms with Gasteiger partial charge in [-0.3, -0.25) is 0 Å². The van der Waals surface area contributed by atoms with Gasteiger partial charge in [0.05, 0.1) is 4.90 Å². The van der Waals surface area contributed by atoms with Gasteiger partial charge in [0.1, 0.15) is 0 Å². The Balaban J connectivity index is 0.00000162. The number of hydrogen-bond donors (Lipinski definition) is 2. The smallest absolute Gasteiger partial charge is 0.241 e. The first kappa shape index (κ1) is 15.9. The molecule has 0 bridgehead atoms. The van der Waals surface area contributed by atoms with E-state index in [2.05, 4.69) is 10.0 Å². The first-order chi connectivity index (χ1) is 7.99. The molecule has 7 heteroatoms. The minimum absolute atomic E-state index is 0. The van der Waals surface area contributed by atoms with Gasteiger partial charge < -0.3 is 5.32 Å². The summed E-state index contributed by atoms with van der Waals surface area (Å²) in [6.07, 6.45) is 1.05. The highest BCUT2D eigenvalue weighted by atomic mass is 35.5. The molecule has 1 saturated heterocycles.